The summed E-state index contributed by atoms with van der Waals surface area (Å²) in [4.78, 5) is 11.1. The first kappa shape index (κ1) is 13.5. The van der Waals surface area contributed by atoms with Gasteiger partial charge < -0.3 is 10.6 Å². The summed E-state index contributed by atoms with van der Waals surface area (Å²) in [6.45, 7) is 6.09. The molecule has 0 spiro atoms. The van der Waals surface area contributed by atoms with Gasteiger partial charge in [0.05, 0.1) is 0 Å². The molecule has 1 aromatic carbocycles. The molecular weight excluding hydrogens is 236 g/mol. The molecule has 0 aliphatic heterocycles. The maximum Gasteiger partial charge on any atom is 0.226 e. The lowest BCUT2D eigenvalue weighted by atomic mass is 10.2. The Morgan fingerprint density at radius 1 is 1.05 bits per heavy atom. The van der Waals surface area contributed by atoms with E-state index < -0.39 is 0 Å². The number of hydrogen-bond acceptors (Lipinski definition) is 4. The van der Waals surface area contributed by atoms with Crippen LogP contribution in [0, 0.1) is 13.8 Å². The van der Waals surface area contributed by atoms with Gasteiger partial charge in [-0.15, -0.1) is 0 Å². The second kappa shape index (κ2) is 6.29. The third-order valence-electron chi connectivity index (χ3n) is 2.87. The lowest BCUT2D eigenvalue weighted by molar-refractivity contribution is 0.752. The fourth-order valence-corrected chi connectivity index (χ4v) is 2.06. The highest BCUT2D eigenvalue weighted by Crippen LogP contribution is 2.13. The van der Waals surface area contributed by atoms with Crippen molar-refractivity contribution in [1.82, 2.24) is 9.97 Å². The minimum atomic E-state index is 0.586. The quantitative estimate of drug-likeness (QED) is 0.889. The summed E-state index contributed by atoms with van der Waals surface area (Å²) in [6, 6.07) is 12.3. The molecule has 0 atom stereocenters. The smallest absolute Gasteiger partial charge is 0.226 e. The van der Waals surface area contributed by atoms with Crippen LogP contribution in [0.4, 0.5) is 5.95 Å². The molecule has 4 nitrogen and oxygen atoms in total. The van der Waals surface area contributed by atoms with E-state index in [1.54, 1.807) is 0 Å². The van der Waals surface area contributed by atoms with Gasteiger partial charge in [-0.2, -0.15) is 0 Å². The maximum absolute atomic E-state index is 5.70. The van der Waals surface area contributed by atoms with Crippen molar-refractivity contribution >= 4 is 5.95 Å². The summed E-state index contributed by atoms with van der Waals surface area (Å²) < 4.78 is 0. The molecule has 0 amide bonds. The van der Waals surface area contributed by atoms with Crippen LogP contribution in [0.15, 0.2) is 36.4 Å². The van der Waals surface area contributed by atoms with Crippen LogP contribution in [-0.2, 0) is 6.54 Å². The van der Waals surface area contributed by atoms with Crippen LogP contribution in [0.3, 0.4) is 0 Å². The van der Waals surface area contributed by atoms with Crippen LogP contribution in [0.1, 0.15) is 17.0 Å². The van der Waals surface area contributed by atoms with Gasteiger partial charge in [-0.3, -0.25) is 0 Å². The van der Waals surface area contributed by atoms with E-state index in [4.69, 9.17) is 5.73 Å². The highest BCUT2D eigenvalue weighted by Gasteiger charge is 2.10. The van der Waals surface area contributed by atoms with Gasteiger partial charge in [-0.25, -0.2) is 9.97 Å². The number of benzene rings is 1. The third kappa shape index (κ3) is 3.76. The Kier molecular flexibility index (Phi) is 4.47. The Hall–Kier alpha value is -1.94. The number of anilines is 1. The predicted octanol–water partition coefficient (Wildman–Crippen LogP) is 2.06. The van der Waals surface area contributed by atoms with E-state index in [1.807, 2.05) is 38.1 Å². The van der Waals surface area contributed by atoms with E-state index in [1.165, 1.54) is 5.56 Å². The SMILES string of the molecule is Cc1cc(C)nc(N(CCN)Cc2ccccc2)n1. The number of hydrogen-bond donors (Lipinski definition) is 1. The van der Waals surface area contributed by atoms with Crippen molar-refractivity contribution < 1.29 is 0 Å². The van der Waals surface area contributed by atoms with Gasteiger partial charge >= 0.3 is 0 Å². The van der Waals surface area contributed by atoms with E-state index in [0.717, 1.165) is 30.4 Å². The molecule has 0 saturated heterocycles. The number of nitrogens with two attached hydrogens (primary N) is 1. The summed E-state index contributed by atoms with van der Waals surface area (Å²) in [5.41, 5.74) is 8.90. The molecule has 0 fully saturated rings. The summed E-state index contributed by atoms with van der Waals surface area (Å²) in [7, 11) is 0. The zero-order valence-corrected chi connectivity index (χ0v) is 11.5. The van der Waals surface area contributed by atoms with E-state index in [9.17, 15) is 0 Å². The largest absolute Gasteiger partial charge is 0.335 e. The Balaban J connectivity index is 2.24. The predicted molar refractivity (Wildman–Crippen MR) is 78.1 cm³/mol. The zero-order chi connectivity index (χ0) is 13.7. The van der Waals surface area contributed by atoms with Crippen molar-refractivity contribution in [2.75, 3.05) is 18.0 Å². The molecule has 2 N–H and O–H groups in total. The minimum absolute atomic E-state index is 0.586. The Morgan fingerprint density at radius 2 is 1.68 bits per heavy atom. The fraction of sp³-hybridized carbons (Fsp3) is 0.333. The van der Waals surface area contributed by atoms with E-state index in [2.05, 4.69) is 27.0 Å². The first-order chi connectivity index (χ1) is 9.19. The molecule has 0 unspecified atom stereocenters. The number of aromatic nitrogens is 2. The molecule has 2 aromatic rings. The van der Waals surface area contributed by atoms with Crippen LogP contribution in [0.25, 0.3) is 0 Å². The topological polar surface area (TPSA) is 55.0 Å². The summed E-state index contributed by atoms with van der Waals surface area (Å²) in [5, 5.41) is 0. The molecule has 1 heterocycles. The van der Waals surface area contributed by atoms with Crippen molar-refractivity contribution in [3.05, 3.63) is 53.3 Å². The van der Waals surface area contributed by atoms with Crippen LogP contribution < -0.4 is 10.6 Å². The van der Waals surface area contributed by atoms with Crippen LogP contribution in [0.5, 0.6) is 0 Å². The lowest BCUT2D eigenvalue weighted by Gasteiger charge is -2.22. The molecule has 4 heteroatoms. The van der Waals surface area contributed by atoms with Gasteiger partial charge in [-0.05, 0) is 25.5 Å². The first-order valence-electron chi connectivity index (χ1n) is 6.50. The Labute approximate surface area is 114 Å². The molecular formula is C15H20N4. The standard InChI is InChI=1S/C15H20N4/c1-12-10-13(2)18-15(17-12)19(9-8-16)11-14-6-4-3-5-7-14/h3-7,10H,8-9,11,16H2,1-2H3. The van der Waals surface area contributed by atoms with Gasteiger partial charge in [0.1, 0.15) is 0 Å². The van der Waals surface area contributed by atoms with E-state index in [0.29, 0.717) is 6.54 Å². The lowest BCUT2D eigenvalue weighted by Crippen LogP contribution is -2.30. The normalized spacial score (nSPS) is 10.5. The van der Waals surface area contributed by atoms with Crippen LogP contribution in [-0.4, -0.2) is 23.1 Å². The van der Waals surface area contributed by atoms with Gasteiger partial charge in [0, 0.05) is 31.0 Å². The molecule has 0 saturated carbocycles. The average Bonchev–Trinajstić information content (AvgIpc) is 2.38. The van der Waals surface area contributed by atoms with Crippen molar-refractivity contribution in [1.29, 1.82) is 0 Å². The summed E-state index contributed by atoms with van der Waals surface area (Å²) in [5.74, 6) is 0.756. The second-order valence-corrected chi connectivity index (χ2v) is 4.65. The number of aryl methyl sites for hydroxylation is 2. The van der Waals surface area contributed by atoms with Crippen molar-refractivity contribution in [3.8, 4) is 0 Å². The molecule has 0 bridgehead atoms. The molecule has 0 radical (unpaired) electrons. The summed E-state index contributed by atoms with van der Waals surface area (Å²) in [6.07, 6.45) is 0. The molecule has 0 aliphatic rings. The monoisotopic (exact) mass is 256 g/mol. The third-order valence-corrected chi connectivity index (χ3v) is 2.87. The van der Waals surface area contributed by atoms with E-state index >= 15 is 0 Å². The minimum Gasteiger partial charge on any atom is -0.335 e. The molecule has 1 aromatic heterocycles. The average molecular weight is 256 g/mol. The fourth-order valence-electron chi connectivity index (χ4n) is 2.06. The van der Waals surface area contributed by atoms with Gasteiger partial charge in [-0.1, -0.05) is 30.3 Å². The maximum atomic E-state index is 5.70. The van der Waals surface area contributed by atoms with Crippen LogP contribution >= 0.6 is 0 Å². The van der Waals surface area contributed by atoms with Crippen LogP contribution in [0.2, 0.25) is 0 Å². The zero-order valence-electron chi connectivity index (χ0n) is 11.5. The first-order valence-corrected chi connectivity index (χ1v) is 6.50. The number of nitrogens with zero attached hydrogens (tertiary/aromatic N) is 3. The molecule has 100 valence electrons. The number of rotatable bonds is 5. The Morgan fingerprint density at radius 3 is 2.26 bits per heavy atom. The van der Waals surface area contributed by atoms with E-state index in [-0.39, 0.29) is 0 Å². The molecule has 2 rings (SSSR count). The molecule has 19 heavy (non-hydrogen) atoms. The van der Waals surface area contributed by atoms with Crippen molar-refractivity contribution in [2.45, 2.75) is 20.4 Å². The Bertz CT molecular complexity index is 505. The van der Waals surface area contributed by atoms with Gasteiger partial charge in [0.15, 0.2) is 0 Å². The van der Waals surface area contributed by atoms with Gasteiger partial charge in [0.2, 0.25) is 5.95 Å². The molecule has 0 aliphatic carbocycles. The highest BCUT2D eigenvalue weighted by molar-refractivity contribution is 5.34. The van der Waals surface area contributed by atoms with Crippen molar-refractivity contribution in [2.24, 2.45) is 5.73 Å². The highest BCUT2D eigenvalue weighted by atomic mass is 15.3. The van der Waals surface area contributed by atoms with Gasteiger partial charge in [0.25, 0.3) is 0 Å². The van der Waals surface area contributed by atoms with Crippen molar-refractivity contribution in [3.63, 3.8) is 0 Å². The summed E-state index contributed by atoms with van der Waals surface area (Å²) >= 11 is 0. The second-order valence-electron chi connectivity index (χ2n) is 4.65.